The third-order valence-electron chi connectivity index (χ3n) is 4.65. The number of aryl methyl sites for hydroxylation is 1. The summed E-state index contributed by atoms with van der Waals surface area (Å²) in [4.78, 5) is 29.6. The number of aliphatic carboxylic acids is 1. The lowest BCUT2D eigenvalue weighted by atomic mass is 9.99. The summed E-state index contributed by atoms with van der Waals surface area (Å²) in [5.74, 6) is -0.181. The third kappa shape index (κ3) is 3.39. The van der Waals surface area contributed by atoms with Gasteiger partial charge in [-0.2, -0.15) is 0 Å². The number of nitrogens with zero attached hydrogens (tertiary/aromatic N) is 2. The van der Waals surface area contributed by atoms with Gasteiger partial charge in [-0.25, -0.2) is 9.78 Å². The highest BCUT2D eigenvalue weighted by atomic mass is 35.5. The molecule has 0 aliphatic carbocycles. The van der Waals surface area contributed by atoms with Crippen molar-refractivity contribution < 1.29 is 19.1 Å². The zero-order valence-corrected chi connectivity index (χ0v) is 14.6. The first kappa shape index (κ1) is 17.5. The molecule has 6 nitrogen and oxygen atoms in total. The lowest BCUT2D eigenvalue weighted by Gasteiger charge is -2.31. The van der Waals surface area contributed by atoms with Crippen LogP contribution in [0.3, 0.4) is 0 Å². The Morgan fingerprint density at radius 3 is 2.88 bits per heavy atom. The van der Waals surface area contributed by atoms with Crippen molar-refractivity contribution in [1.29, 1.82) is 0 Å². The molecule has 1 aromatic heterocycles. The molecule has 1 amide bonds. The van der Waals surface area contributed by atoms with Crippen molar-refractivity contribution in [2.24, 2.45) is 0 Å². The first-order chi connectivity index (χ1) is 11.9. The van der Waals surface area contributed by atoms with Gasteiger partial charge in [0, 0.05) is 24.9 Å². The summed E-state index contributed by atoms with van der Waals surface area (Å²) < 4.78 is 5.68. The quantitative estimate of drug-likeness (QED) is 0.881. The maximum absolute atomic E-state index is 12.4. The van der Waals surface area contributed by atoms with Crippen LogP contribution in [0.25, 0.3) is 11.3 Å². The van der Waals surface area contributed by atoms with Gasteiger partial charge in [0.05, 0.1) is 11.2 Å². The molecule has 1 N–H and O–H groups in total. The number of benzene rings is 1. The lowest BCUT2D eigenvalue weighted by Crippen LogP contribution is -2.50. The van der Waals surface area contributed by atoms with Crippen molar-refractivity contribution in [2.45, 2.75) is 38.1 Å². The number of rotatable bonds is 5. The van der Waals surface area contributed by atoms with Gasteiger partial charge in [-0.05, 0) is 31.9 Å². The summed E-state index contributed by atoms with van der Waals surface area (Å²) in [6.45, 7) is 2.07. The maximum atomic E-state index is 12.4. The Bertz CT molecular complexity index is 804. The molecule has 0 saturated carbocycles. The van der Waals surface area contributed by atoms with E-state index < -0.39 is 11.5 Å². The highest BCUT2D eigenvalue weighted by Crippen LogP contribution is 2.31. The van der Waals surface area contributed by atoms with E-state index in [0.717, 1.165) is 5.56 Å². The molecule has 0 radical (unpaired) electrons. The zero-order chi connectivity index (χ0) is 18.0. The number of hydrogen-bond acceptors (Lipinski definition) is 4. The summed E-state index contributed by atoms with van der Waals surface area (Å²) in [6, 6.07) is 7.29. The minimum Gasteiger partial charge on any atom is -0.480 e. The largest absolute Gasteiger partial charge is 0.480 e. The van der Waals surface area contributed by atoms with Crippen molar-refractivity contribution in [1.82, 2.24) is 9.88 Å². The van der Waals surface area contributed by atoms with E-state index in [9.17, 15) is 14.7 Å². The lowest BCUT2D eigenvalue weighted by molar-refractivity contribution is -0.155. The van der Waals surface area contributed by atoms with E-state index in [-0.39, 0.29) is 12.3 Å². The minimum atomic E-state index is -1.11. The van der Waals surface area contributed by atoms with Crippen LogP contribution in [0.5, 0.6) is 0 Å². The van der Waals surface area contributed by atoms with Gasteiger partial charge in [0.15, 0.2) is 11.7 Å². The molecule has 1 atom stereocenters. The molecular weight excluding hydrogens is 344 g/mol. The fourth-order valence-corrected chi connectivity index (χ4v) is 3.37. The van der Waals surface area contributed by atoms with Gasteiger partial charge in [0.25, 0.3) is 0 Å². The van der Waals surface area contributed by atoms with Gasteiger partial charge in [0.1, 0.15) is 5.54 Å². The van der Waals surface area contributed by atoms with Crippen molar-refractivity contribution in [2.75, 3.05) is 6.54 Å². The smallest absolute Gasteiger partial charge is 0.329 e. The highest BCUT2D eigenvalue weighted by molar-refractivity contribution is 6.33. The number of carboxylic acids is 1. The molecule has 1 saturated heterocycles. The number of carbonyl (C=O) groups excluding carboxylic acids is 1. The van der Waals surface area contributed by atoms with Crippen LogP contribution in [0.4, 0.5) is 0 Å². The predicted octanol–water partition coefficient (Wildman–Crippen LogP) is 3.39. The molecule has 1 aliphatic heterocycles. The van der Waals surface area contributed by atoms with Gasteiger partial charge in [-0.15, -0.1) is 0 Å². The number of hydrogen-bond donors (Lipinski definition) is 1. The molecule has 2 heterocycles. The summed E-state index contributed by atoms with van der Waals surface area (Å²) in [7, 11) is 0. The molecule has 2 aromatic rings. The fraction of sp³-hybridized carbons (Fsp3) is 0.389. The van der Waals surface area contributed by atoms with Crippen LogP contribution in [-0.4, -0.2) is 39.0 Å². The van der Waals surface area contributed by atoms with Crippen molar-refractivity contribution >= 4 is 23.5 Å². The average Bonchev–Trinajstić information content (AvgIpc) is 3.20. The Morgan fingerprint density at radius 1 is 1.40 bits per heavy atom. The van der Waals surface area contributed by atoms with Crippen LogP contribution >= 0.6 is 11.6 Å². The van der Waals surface area contributed by atoms with Crippen molar-refractivity contribution in [3.63, 3.8) is 0 Å². The van der Waals surface area contributed by atoms with Gasteiger partial charge < -0.3 is 14.4 Å². The summed E-state index contributed by atoms with van der Waals surface area (Å²) >= 11 is 6.14. The maximum Gasteiger partial charge on any atom is 0.329 e. The van der Waals surface area contributed by atoms with E-state index in [0.29, 0.717) is 42.5 Å². The van der Waals surface area contributed by atoms with Gasteiger partial charge in [-0.1, -0.05) is 23.7 Å². The van der Waals surface area contributed by atoms with Crippen molar-refractivity contribution in [3.05, 3.63) is 41.4 Å². The number of aromatic nitrogens is 1. The number of oxazole rings is 1. The minimum absolute atomic E-state index is 0.158. The van der Waals surface area contributed by atoms with Crippen molar-refractivity contribution in [3.8, 4) is 11.3 Å². The number of carbonyl (C=O) groups is 2. The standard InChI is InChI=1S/C18H19ClN2O4/c1-18(17(23)24)9-4-10-21(18)16(22)8-7-15-20-11-14(25-15)12-5-2-3-6-13(12)19/h2-3,5-6,11H,4,7-10H2,1H3,(H,23,24). The predicted molar refractivity (Wildman–Crippen MR) is 92.3 cm³/mol. The molecule has 25 heavy (non-hydrogen) atoms. The average molecular weight is 363 g/mol. The molecule has 3 rings (SSSR count). The highest BCUT2D eigenvalue weighted by Gasteiger charge is 2.45. The molecule has 0 spiro atoms. The molecule has 0 bridgehead atoms. The fourth-order valence-electron chi connectivity index (χ4n) is 3.15. The number of amides is 1. The first-order valence-electron chi connectivity index (χ1n) is 8.15. The molecule has 1 unspecified atom stereocenters. The zero-order valence-electron chi connectivity index (χ0n) is 13.9. The monoisotopic (exact) mass is 362 g/mol. The second-order valence-corrected chi connectivity index (χ2v) is 6.73. The summed E-state index contributed by atoms with van der Waals surface area (Å²) in [5.41, 5.74) is -0.372. The van der Waals surface area contributed by atoms with E-state index in [1.807, 2.05) is 18.2 Å². The topological polar surface area (TPSA) is 83.6 Å². The molecule has 7 heteroatoms. The molecule has 1 aliphatic rings. The Labute approximate surface area is 150 Å². The molecule has 132 valence electrons. The summed E-state index contributed by atoms with van der Waals surface area (Å²) in [6.07, 6.45) is 3.23. The molecule has 1 fully saturated rings. The first-order valence-corrected chi connectivity index (χ1v) is 8.53. The van der Waals surface area contributed by atoms with Gasteiger partial charge in [-0.3, -0.25) is 4.79 Å². The van der Waals surface area contributed by atoms with E-state index in [4.69, 9.17) is 16.0 Å². The SMILES string of the molecule is CC1(C(=O)O)CCCN1C(=O)CCc1ncc(-c2ccccc2Cl)o1. The summed E-state index contributed by atoms with van der Waals surface area (Å²) in [5, 5.41) is 9.96. The van der Waals surface area contributed by atoms with Crippen LogP contribution in [0.15, 0.2) is 34.9 Å². The Balaban J connectivity index is 1.66. The Morgan fingerprint density at radius 2 is 2.16 bits per heavy atom. The van der Waals surface area contributed by atoms with Crippen LogP contribution in [0, 0.1) is 0 Å². The van der Waals surface area contributed by atoms with Gasteiger partial charge in [0.2, 0.25) is 5.91 Å². The second-order valence-electron chi connectivity index (χ2n) is 6.33. The van der Waals surface area contributed by atoms with Crippen LogP contribution in [0.2, 0.25) is 5.02 Å². The number of likely N-dealkylation sites (tertiary alicyclic amines) is 1. The molecular formula is C18H19ClN2O4. The van der Waals surface area contributed by atoms with Gasteiger partial charge >= 0.3 is 5.97 Å². The number of carboxylic acid groups (broad SMARTS) is 1. The Hall–Kier alpha value is -2.34. The van der Waals surface area contributed by atoms with E-state index in [1.54, 1.807) is 19.2 Å². The second kappa shape index (κ2) is 6.88. The van der Waals surface area contributed by atoms with Crippen LogP contribution in [0.1, 0.15) is 32.1 Å². The van der Waals surface area contributed by atoms with E-state index in [1.165, 1.54) is 4.90 Å². The Kier molecular flexibility index (Phi) is 4.81. The third-order valence-corrected chi connectivity index (χ3v) is 4.98. The number of halogens is 1. The van der Waals surface area contributed by atoms with E-state index in [2.05, 4.69) is 4.98 Å². The van der Waals surface area contributed by atoms with E-state index >= 15 is 0 Å². The van der Waals surface area contributed by atoms with Crippen LogP contribution < -0.4 is 0 Å². The van der Waals surface area contributed by atoms with Crippen LogP contribution in [-0.2, 0) is 16.0 Å². The normalized spacial score (nSPS) is 20.0. The molecule has 1 aromatic carbocycles.